The zero-order chi connectivity index (χ0) is 11.7. The van der Waals surface area contributed by atoms with Gasteiger partial charge < -0.3 is 5.73 Å². The average molecular weight is 220 g/mol. The van der Waals surface area contributed by atoms with Crippen LogP contribution in [-0.2, 0) is 6.42 Å². The number of carbonyl (C=O) groups is 2. The molecule has 6 nitrogen and oxygen atoms in total. The number of nitrogens with zero attached hydrogens (tertiary/aromatic N) is 3. The molecule has 0 radical (unpaired) electrons. The Labute approximate surface area is 92.5 Å². The molecule has 16 heavy (non-hydrogen) atoms. The predicted octanol–water partition coefficient (Wildman–Crippen LogP) is -0.406. The molecule has 1 aromatic rings. The molecule has 0 aromatic carbocycles. The minimum Gasteiger partial charge on any atom is -0.330 e. The summed E-state index contributed by atoms with van der Waals surface area (Å²) in [7, 11) is 0. The lowest BCUT2D eigenvalue weighted by atomic mass is 10.2. The van der Waals surface area contributed by atoms with E-state index in [2.05, 4.69) is 9.97 Å². The van der Waals surface area contributed by atoms with Crippen LogP contribution in [0.3, 0.4) is 0 Å². The maximum atomic E-state index is 11.8. The second-order valence-electron chi connectivity index (χ2n) is 3.44. The van der Waals surface area contributed by atoms with Gasteiger partial charge in [-0.25, -0.2) is 9.97 Å². The number of carbonyl (C=O) groups excluding carboxylic acids is 2. The van der Waals surface area contributed by atoms with Gasteiger partial charge in [-0.05, 0) is 13.5 Å². The van der Waals surface area contributed by atoms with Crippen LogP contribution in [0.1, 0.15) is 33.6 Å². The number of aromatic nitrogens is 2. The fraction of sp³-hybridized carbons (Fsp3) is 0.400. The molecule has 0 saturated heterocycles. The lowest BCUT2D eigenvalue weighted by Gasteiger charge is -2.08. The Morgan fingerprint density at radius 3 is 2.75 bits per heavy atom. The first-order valence-electron chi connectivity index (χ1n) is 5.11. The summed E-state index contributed by atoms with van der Waals surface area (Å²) in [6.07, 6.45) is 1.91. The number of rotatable bonds is 3. The Morgan fingerprint density at radius 1 is 1.38 bits per heavy atom. The normalized spacial score (nSPS) is 14.5. The van der Waals surface area contributed by atoms with Crippen LogP contribution in [0.15, 0.2) is 6.20 Å². The summed E-state index contributed by atoms with van der Waals surface area (Å²) < 4.78 is 0. The first kappa shape index (κ1) is 10.7. The van der Waals surface area contributed by atoms with Gasteiger partial charge in [0.2, 0.25) is 0 Å². The zero-order valence-electron chi connectivity index (χ0n) is 8.93. The van der Waals surface area contributed by atoms with Crippen LogP contribution in [0.5, 0.6) is 0 Å². The molecule has 0 fully saturated rings. The summed E-state index contributed by atoms with van der Waals surface area (Å²) in [5.74, 6) is -0.162. The Bertz CT molecular complexity index is 458. The van der Waals surface area contributed by atoms with Crippen molar-refractivity contribution in [2.24, 2.45) is 5.73 Å². The molecule has 84 valence electrons. The van der Waals surface area contributed by atoms with E-state index in [1.165, 1.54) is 6.20 Å². The molecule has 6 heteroatoms. The van der Waals surface area contributed by atoms with Gasteiger partial charge in [-0.15, -0.1) is 0 Å². The molecular formula is C10H12N4O2. The number of amides is 2. The highest BCUT2D eigenvalue weighted by atomic mass is 16.2. The standard InChI is InChI=1S/C10H12N4O2/c1-2-14-9(15)6-5-12-7(3-4-11)13-8(6)10(14)16/h5H,2-4,11H2,1H3. The molecule has 0 unspecified atom stereocenters. The number of imide groups is 1. The second kappa shape index (κ2) is 3.97. The van der Waals surface area contributed by atoms with E-state index >= 15 is 0 Å². The Morgan fingerprint density at radius 2 is 2.12 bits per heavy atom. The van der Waals surface area contributed by atoms with E-state index in [1.807, 2.05) is 0 Å². The van der Waals surface area contributed by atoms with E-state index in [4.69, 9.17) is 5.73 Å². The molecule has 0 aliphatic carbocycles. The number of hydrogen-bond donors (Lipinski definition) is 1. The van der Waals surface area contributed by atoms with Crippen LogP contribution < -0.4 is 5.73 Å². The maximum absolute atomic E-state index is 11.8. The fourth-order valence-corrected chi connectivity index (χ4v) is 1.64. The third-order valence-corrected chi connectivity index (χ3v) is 2.45. The lowest BCUT2D eigenvalue weighted by Crippen LogP contribution is -2.29. The van der Waals surface area contributed by atoms with Crippen molar-refractivity contribution in [3.8, 4) is 0 Å². The lowest BCUT2D eigenvalue weighted by molar-refractivity contribution is 0.0661. The van der Waals surface area contributed by atoms with E-state index in [-0.39, 0.29) is 23.1 Å². The number of hydrogen-bond acceptors (Lipinski definition) is 5. The van der Waals surface area contributed by atoms with Gasteiger partial charge in [0.05, 0.1) is 5.56 Å². The van der Waals surface area contributed by atoms with Crippen LogP contribution in [0, 0.1) is 0 Å². The SMILES string of the molecule is CCN1C(=O)c2cnc(CCN)nc2C1=O. The van der Waals surface area contributed by atoms with Gasteiger partial charge in [-0.3, -0.25) is 14.5 Å². The third-order valence-electron chi connectivity index (χ3n) is 2.45. The summed E-state index contributed by atoms with van der Waals surface area (Å²) >= 11 is 0. The van der Waals surface area contributed by atoms with Crippen molar-refractivity contribution in [3.63, 3.8) is 0 Å². The molecule has 1 aromatic heterocycles. The second-order valence-corrected chi connectivity index (χ2v) is 3.44. The summed E-state index contributed by atoms with van der Waals surface area (Å²) in [5, 5.41) is 0. The highest BCUT2D eigenvalue weighted by Gasteiger charge is 2.36. The predicted molar refractivity (Wildman–Crippen MR) is 55.8 cm³/mol. The maximum Gasteiger partial charge on any atom is 0.280 e. The van der Waals surface area contributed by atoms with Crippen LogP contribution in [0.25, 0.3) is 0 Å². The van der Waals surface area contributed by atoms with E-state index in [1.54, 1.807) is 6.92 Å². The molecule has 0 atom stereocenters. The Balaban J connectivity index is 2.43. The third kappa shape index (κ3) is 1.47. The van der Waals surface area contributed by atoms with Crippen molar-refractivity contribution in [1.82, 2.24) is 14.9 Å². The van der Waals surface area contributed by atoms with Crippen LogP contribution in [0.4, 0.5) is 0 Å². The van der Waals surface area contributed by atoms with E-state index < -0.39 is 0 Å². The molecule has 2 N–H and O–H groups in total. The van der Waals surface area contributed by atoms with Crippen molar-refractivity contribution < 1.29 is 9.59 Å². The summed E-state index contributed by atoms with van der Waals surface area (Å²) in [6, 6.07) is 0. The van der Waals surface area contributed by atoms with Gasteiger partial charge >= 0.3 is 0 Å². The van der Waals surface area contributed by atoms with Gasteiger partial charge in [0.25, 0.3) is 11.8 Å². The van der Waals surface area contributed by atoms with E-state index in [0.717, 1.165) is 4.90 Å². The first-order valence-corrected chi connectivity index (χ1v) is 5.11. The van der Waals surface area contributed by atoms with Crippen molar-refractivity contribution in [3.05, 3.63) is 23.3 Å². The molecule has 0 spiro atoms. The smallest absolute Gasteiger partial charge is 0.280 e. The van der Waals surface area contributed by atoms with Gasteiger partial charge in [0, 0.05) is 19.2 Å². The monoisotopic (exact) mass is 220 g/mol. The zero-order valence-corrected chi connectivity index (χ0v) is 8.93. The van der Waals surface area contributed by atoms with Gasteiger partial charge in [0.1, 0.15) is 11.5 Å². The quantitative estimate of drug-likeness (QED) is 0.700. The molecule has 0 bridgehead atoms. The number of nitrogens with two attached hydrogens (primary N) is 1. The summed E-state index contributed by atoms with van der Waals surface area (Å²) in [6.45, 7) is 2.51. The molecule has 2 amide bonds. The topological polar surface area (TPSA) is 89.2 Å². The molecule has 2 rings (SSSR count). The largest absolute Gasteiger partial charge is 0.330 e. The van der Waals surface area contributed by atoms with E-state index in [0.29, 0.717) is 25.3 Å². The van der Waals surface area contributed by atoms with Crippen molar-refractivity contribution in [2.75, 3.05) is 13.1 Å². The van der Waals surface area contributed by atoms with Crippen molar-refractivity contribution >= 4 is 11.8 Å². The van der Waals surface area contributed by atoms with Gasteiger partial charge in [-0.1, -0.05) is 0 Å². The molecular weight excluding hydrogens is 208 g/mol. The highest BCUT2D eigenvalue weighted by Crippen LogP contribution is 2.19. The minimum absolute atomic E-state index is 0.199. The van der Waals surface area contributed by atoms with Crippen LogP contribution in [-0.4, -0.2) is 39.8 Å². The highest BCUT2D eigenvalue weighted by molar-refractivity contribution is 6.20. The summed E-state index contributed by atoms with van der Waals surface area (Å²) in [5.41, 5.74) is 5.86. The van der Waals surface area contributed by atoms with Crippen LogP contribution >= 0.6 is 0 Å². The number of fused-ring (bicyclic) bond motifs is 1. The summed E-state index contributed by atoms with van der Waals surface area (Å²) in [4.78, 5) is 32.7. The molecule has 1 aliphatic rings. The van der Waals surface area contributed by atoms with Crippen molar-refractivity contribution in [2.45, 2.75) is 13.3 Å². The molecule has 1 aliphatic heterocycles. The fourth-order valence-electron chi connectivity index (χ4n) is 1.64. The van der Waals surface area contributed by atoms with Gasteiger partial charge in [0.15, 0.2) is 0 Å². The van der Waals surface area contributed by atoms with Crippen molar-refractivity contribution in [1.29, 1.82) is 0 Å². The Kier molecular flexibility index (Phi) is 2.66. The minimum atomic E-state index is -0.344. The molecule has 0 saturated carbocycles. The Hall–Kier alpha value is -1.82. The van der Waals surface area contributed by atoms with E-state index in [9.17, 15) is 9.59 Å². The average Bonchev–Trinajstić information content (AvgIpc) is 2.52. The first-order chi connectivity index (χ1) is 7.69. The van der Waals surface area contributed by atoms with Gasteiger partial charge in [-0.2, -0.15) is 0 Å². The van der Waals surface area contributed by atoms with Crippen LogP contribution in [0.2, 0.25) is 0 Å². The molecule has 2 heterocycles.